The van der Waals surface area contributed by atoms with Crippen molar-refractivity contribution < 1.29 is 4.42 Å². The second kappa shape index (κ2) is 6.92. The first-order valence-corrected chi connectivity index (χ1v) is 9.11. The number of pyridine rings is 1. The lowest BCUT2D eigenvalue weighted by atomic mass is 9.91. The topological polar surface area (TPSA) is 48.3 Å². The summed E-state index contributed by atoms with van der Waals surface area (Å²) in [5.41, 5.74) is 3.51. The Morgan fingerprint density at radius 1 is 1.36 bits per heavy atom. The van der Waals surface area contributed by atoms with Gasteiger partial charge >= 0.3 is 0 Å². The SMILES string of the molecule is C[C@@H]1CCN(CCc2ccoc2)C[C@@H]1N(C)c1ccnc2[nH]ccc12. The first-order valence-electron chi connectivity index (χ1n) is 9.11. The average molecular weight is 338 g/mol. The molecule has 132 valence electrons. The summed E-state index contributed by atoms with van der Waals surface area (Å²) in [5.74, 6) is 0.678. The van der Waals surface area contributed by atoms with Gasteiger partial charge in [0.05, 0.1) is 12.5 Å². The maximum atomic E-state index is 5.19. The minimum absolute atomic E-state index is 0.513. The fourth-order valence-electron chi connectivity index (χ4n) is 3.98. The smallest absolute Gasteiger partial charge is 0.139 e. The van der Waals surface area contributed by atoms with E-state index in [0.29, 0.717) is 12.0 Å². The van der Waals surface area contributed by atoms with Crippen molar-refractivity contribution in [3.8, 4) is 0 Å². The highest BCUT2D eigenvalue weighted by molar-refractivity contribution is 5.89. The van der Waals surface area contributed by atoms with Crippen LogP contribution < -0.4 is 4.90 Å². The third kappa shape index (κ3) is 3.29. The van der Waals surface area contributed by atoms with E-state index in [1.165, 1.54) is 29.6 Å². The van der Waals surface area contributed by atoms with Gasteiger partial charge < -0.3 is 19.2 Å². The molecule has 3 aromatic rings. The van der Waals surface area contributed by atoms with Crippen LogP contribution >= 0.6 is 0 Å². The number of aromatic amines is 1. The van der Waals surface area contributed by atoms with Crippen LogP contribution in [0.2, 0.25) is 0 Å². The molecule has 1 N–H and O–H groups in total. The summed E-state index contributed by atoms with van der Waals surface area (Å²) in [4.78, 5) is 12.7. The standard InChI is InChI=1S/C20H26N4O/c1-15-5-10-24(11-6-16-7-12-25-14-16)13-19(15)23(2)18-4-9-22-20-17(18)3-8-21-20/h3-4,7-9,12,14-15,19H,5-6,10-11,13H2,1-2H3,(H,21,22)/t15-,19+/m1/s1. The normalized spacial score (nSPS) is 21.7. The van der Waals surface area contributed by atoms with Gasteiger partial charge in [0.1, 0.15) is 5.65 Å². The summed E-state index contributed by atoms with van der Waals surface area (Å²) >= 11 is 0. The van der Waals surface area contributed by atoms with Gasteiger partial charge in [0.15, 0.2) is 0 Å². The molecular weight excluding hydrogens is 312 g/mol. The lowest BCUT2D eigenvalue weighted by Gasteiger charge is -2.42. The van der Waals surface area contributed by atoms with E-state index in [1.807, 2.05) is 18.7 Å². The predicted molar refractivity (Wildman–Crippen MR) is 101 cm³/mol. The lowest BCUT2D eigenvalue weighted by molar-refractivity contribution is 0.167. The number of aromatic nitrogens is 2. The number of nitrogens with zero attached hydrogens (tertiary/aromatic N) is 3. The Bertz CT molecular complexity index is 810. The monoisotopic (exact) mass is 338 g/mol. The fourth-order valence-corrected chi connectivity index (χ4v) is 3.98. The highest BCUT2D eigenvalue weighted by Crippen LogP contribution is 2.30. The van der Waals surface area contributed by atoms with E-state index in [-0.39, 0.29) is 0 Å². The molecule has 2 atom stereocenters. The highest BCUT2D eigenvalue weighted by Gasteiger charge is 2.30. The molecule has 0 spiro atoms. The second-order valence-corrected chi connectivity index (χ2v) is 7.20. The molecule has 0 saturated carbocycles. The van der Waals surface area contributed by atoms with Gasteiger partial charge in [0, 0.05) is 49.6 Å². The van der Waals surface area contributed by atoms with Crippen LogP contribution in [0.5, 0.6) is 0 Å². The number of piperidine rings is 1. The molecule has 0 bridgehead atoms. The fraction of sp³-hybridized carbons (Fsp3) is 0.450. The van der Waals surface area contributed by atoms with Crippen LogP contribution in [-0.4, -0.2) is 47.6 Å². The van der Waals surface area contributed by atoms with Crippen LogP contribution in [0.4, 0.5) is 5.69 Å². The maximum absolute atomic E-state index is 5.19. The molecule has 5 heteroatoms. The number of fused-ring (bicyclic) bond motifs is 1. The van der Waals surface area contributed by atoms with E-state index in [4.69, 9.17) is 4.42 Å². The highest BCUT2D eigenvalue weighted by atomic mass is 16.3. The minimum Gasteiger partial charge on any atom is -0.472 e. The average Bonchev–Trinajstić information content (AvgIpc) is 3.31. The zero-order chi connectivity index (χ0) is 17.2. The van der Waals surface area contributed by atoms with Crippen molar-refractivity contribution in [1.29, 1.82) is 0 Å². The van der Waals surface area contributed by atoms with Crippen LogP contribution in [0, 0.1) is 5.92 Å². The zero-order valence-electron chi connectivity index (χ0n) is 15.0. The first kappa shape index (κ1) is 16.2. The molecule has 0 amide bonds. The number of hydrogen-bond acceptors (Lipinski definition) is 4. The lowest BCUT2D eigenvalue weighted by Crippen LogP contribution is -2.51. The van der Waals surface area contributed by atoms with Crippen molar-refractivity contribution in [3.05, 3.63) is 48.7 Å². The predicted octanol–water partition coefficient (Wildman–Crippen LogP) is 3.55. The van der Waals surface area contributed by atoms with Gasteiger partial charge in [-0.2, -0.15) is 0 Å². The molecule has 1 fully saturated rings. The molecule has 4 rings (SSSR count). The van der Waals surface area contributed by atoms with Gasteiger partial charge in [-0.3, -0.25) is 0 Å². The number of H-pyrrole nitrogens is 1. The third-order valence-electron chi connectivity index (χ3n) is 5.61. The van der Waals surface area contributed by atoms with E-state index >= 15 is 0 Å². The van der Waals surface area contributed by atoms with Gasteiger partial charge in [-0.25, -0.2) is 4.98 Å². The van der Waals surface area contributed by atoms with Gasteiger partial charge in [-0.1, -0.05) is 6.92 Å². The number of nitrogens with one attached hydrogen (secondary N) is 1. The van der Waals surface area contributed by atoms with Crippen molar-refractivity contribution >= 4 is 16.7 Å². The molecule has 1 saturated heterocycles. The number of anilines is 1. The second-order valence-electron chi connectivity index (χ2n) is 7.20. The molecule has 5 nitrogen and oxygen atoms in total. The molecular formula is C20H26N4O. The van der Waals surface area contributed by atoms with Crippen molar-refractivity contribution in [3.63, 3.8) is 0 Å². The minimum atomic E-state index is 0.513. The summed E-state index contributed by atoms with van der Waals surface area (Å²) < 4.78 is 5.19. The van der Waals surface area contributed by atoms with Crippen LogP contribution in [0.1, 0.15) is 18.9 Å². The summed E-state index contributed by atoms with van der Waals surface area (Å²) in [7, 11) is 2.22. The number of furan rings is 1. The van der Waals surface area contributed by atoms with Gasteiger partial charge in [-0.05, 0) is 49.1 Å². The molecule has 3 aromatic heterocycles. The Morgan fingerprint density at radius 3 is 3.12 bits per heavy atom. The van der Waals surface area contributed by atoms with E-state index in [2.05, 4.69) is 51.9 Å². The van der Waals surface area contributed by atoms with Crippen LogP contribution in [-0.2, 0) is 6.42 Å². The number of rotatable bonds is 5. The molecule has 0 aromatic carbocycles. The molecule has 1 aliphatic heterocycles. The van der Waals surface area contributed by atoms with Crippen molar-refractivity contribution in [2.24, 2.45) is 5.92 Å². The van der Waals surface area contributed by atoms with Gasteiger partial charge in [0.2, 0.25) is 0 Å². The van der Waals surface area contributed by atoms with Gasteiger partial charge in [0.25, 0.3) is 0 Å². The van der Waals surface area contributed by atoms with E-state index in [1.54, 1.807) is 6.26 Å². The number of hydrogen-bond donors (Lipinski definition) is 1. The van der Waals surface area contributed by atoms with E-state index in [9.17, 15) is 0 Å². The number of likely N-dealkylation sites (N-methyl/N-ethyl adjacent to an activating group) is 1. The largest absolute Gasteiger partial charge is 0.472 e. The molecule has 1 aliphatic rings. The van der Waals surface area contributed by atoms with Crippen LogP contribution in [0.15, 0.2) is 47.5 Å². The summed E-state index contributed by atoms with van der Waals surface area (Å²) in [6.07, 6.45) is 9.78. The quantitative estimate of drug-likeness (QED) is 0.773. The van der Waals surface area contributed by atoms with Crippen LogP contribution in [0.3, 0.4) is 0 Å². The molecule has 25 heavy (non-hydrogen) atoms. The third-order valence-corrected chi connectivity index (χ3v) is 5.61. The Kier molecular flexibility index (Phi) is 4.49. The first-order chi connectivity index (χ1) is 12.2. The Hall–Kier alpha value is -2.27. The van der Waals surface area contributed by atoms with E-state index in [0.717, 1.165) is 25.2 Å². The summed E-state index contributed by atoms with van der Waals surface area (Å²) in [5, 5.41) is 1.20. The Morgan fingerprint density at radius 2 is 2.28 bits per heavy atom. The number of likely N-dealkylation sites (tertiary alicyclic amines) is 1. The Balaban J connectivity index is 1.48. The zero-order valence-corrected chi connectivity index (χ0v) is 15.0. The van der Waals surface area contributed by atoms with E-state index < -0.39 is 0 Å². The van der Waals surface area contributed by atoms with Crippen molar-refractivity contribution in [2.45, 2.75) is 25.8 Å². The maximum Gasteiger partial charge on any atom is 0.139 e. The molecule has 0 radical (unpaired) electrons. The molecule has 0 unspecified atom stereocenters. The Labute approximate surface area is 148 Å². The van der Waals surface area contributed by atoms with Crippen LogP contribution in [0.25, 0.3) is 11.0 Å². The van der Waals surface area contributed by atoms with Crippen molar-refractivity contribution in [2.75, 3.05) is 31.6 Å². The molecule has 4 heterocycles. The van der Waals surface area contributed by atoms with Gasteiger partial charge in [-0.15, -0.1) is 0 Å². The summed E-state index contributed by atoms with van der Waals surface area (Å²) in [6, 6.07) is 6.83. The molecule has 0 aliphatic carbocycles. The summed E-state index contributed by atoms with van der Waals surface area (Å²) in [6.45, 7) is 5.75. The van der Waals surface area contributed by atoms with Crippen molar-refractivity contribution in [1.82, 2.24) is 14.9 Å².